The van der Waals surface area contributed by atoms with Gasteiger partial charge in [-0.1, -0.05) is 42.1 Å². The lowest BCUT2D eigenvalue weighted by atomic mass is 9.95. The van der Waals surface area contributed by atoms with Gasteiger partial charge >= 0.3 is 0 Å². The molecular formula is C18H21N3OS. The molecule has 0 atom stereocenters. The number of nitrogens with one attached hydrogen (secondary N) is 1. The minimum Gasteiger partial charge on any atom is -0.351 e. The van der Waals surface area contributed by atoms with Gasteiger partial charge in [0, 0.05) is 17.9 Å². The van der Waals surface area contributed by atoms with Crippen molar-refractivity contribution in [3.8, 4) is 0 Å². The molecule has 120 valence electrons. The molecule has 3 rings (SSSR count). The maximum absolute atomic E-state index is 12.0. The van der Waals surface area contributed by atoms with Crippen LogP contribution in [0, 0.1) is 6.92 Å². The van der Waals surface area contributed by atoms with Gasteiger partial charge in [0.2, 0.25) is 5.91 Å². The highest BCUT2D eigenvalue weighted by molar-refractivity contribution is 7.99. The van der Waals surface area contributed by atoms with E-state index in [0.29, 0.717) is 12.3 Å². The van der Waals surface area contributed by atoms with E-state index >= 15 is 0 Å². The highest BCUT2D eigenvalue weighted by Gasteiger charge is 2.16. The standard InChI is InChI=1S/C18H21N3OS/c1-13-15-9-5-6-10-16(15)21-18(20-13)23-12-17(22)19-11-14-7-3-2-4-8-14/h2-4,7-8H,5-6,9-12H2,1H3,(H,19,22). The van der Waals surface area contributed by atoms with E-state index in [4.69, 9.17) is 0 Å². The number of aromatic nitrogens is 2. The number of benzene rings is 1. The van der Waals surface area contributed by atoms with Crippen molar-refractivity contribution in [1.82, 2.24) is 15.3 Å². The molecule has 5 heteroatoms. The SMILES string of the molecule is Cc1nc(SCC(=O)NCc2ccccc2)nc2c1CCCC2. The zero-order valence-electron chi connectivity index (χ0n) is 13.3. The second-order valence-electron chi connectivity index (χ2n) is 5.77. The minimum atomic E-state index is 0.0119. The molecule has 0 aliphatic heterocycles. The molecular weight excluding hydrogens is 306 g/mol. The first-order valence-corrected chi connectivity index (χ1v) is 9.01. The highest BCUT2D eigenvalue weighted by atomic mass is 32.2. The Morgan fingerprint density at radius 1 is 1.17 bits per heavy atom. The van der Waals surface area contributed by atoms with Crippen molar-refractivity contribution in [1.29, 1.82) is 0 Å². The molecule has 2 aromatic rings. The summed E-state index contributed by atoms with van der Waals surface area (Å²) in [6, 6.07) is 9.92. The fourth-order valence-electron chi connectivity index (χ4n) is 2.80. The second kappa shape index (κ2) is 7.59. The number of carbonyl (C=O) groups is 1. The molecule has 1 aromatic heterocycles. The van der Waals surface area contributed by atoms with Gasteiger partial charge < -0.3 is 5.32 Å². The number of hydrogen-bond acceptors (Lipinski definition) is 4. The van der Waals surface area contributed by atoms with Crippen molar-refractivity contribution in [3.63, 3.8) is 0 Å². The van der Waals surface area contributed by atoms with Crippen LogP contribution < -0.4 is 5.32 Å². The third-order valence-corrected chi connectivity index (χ3v) is 4.88. The van der Waals surface area contributed by atoms with Gasteiger partial charge in [-0.2, -0.15) is 0 Å². The van der Waals surface area contributed by atoms with Crippen LogP contribution in [-0.2, 0) is 24.2 Å². The van der Waals surface area contributed by atoms with Crippen molar-refractivity contribution in [2.24, 2.45) is 0 Å². The van der Waals surface area contributed by atoms with Gasteiger partial charge in [0.25, 0.3) is 0 Å². The van der Waals surface area contributed by atoms with Crippen LogP contribution in [0.4, 0.5) is 0 Å². The van der Waals surface area contributed by atoms with Crippen LogP contribution in [0.1, 0.15) is 35.4 Å². The third-order valence-electron chi connectivity index (χ3n) is 4.03. The normalized spacial score (nSPS) is 13.4. The summed E-state index contributed by atoms with van der Waals surface area (Å²) in [6.45, 7) is 2.61. The summed E-state index contributed by atoms with van der Waals surface area (Å²) in [5.74, 6) is 0.364. The predicted octanol–water partition coefficient (Wildman–Crippen LogP) is 3.07. The molecule has 1 N–H and O–H groups in total. The Bertz CT molecular complexity index is 688. The van der Waals surface area contributed by atoms with Crippen LogP contribution in [0.5, 0.6) is 0 Å². The molecule has 0 spiro atoms. The number of amides is 1. The Hall–Kier alpha value is -1.88. The molecule has 1 aliphatic carbocycles. The van der Waals surface area contributed by atoms with Gasteiger partial charge in [-0.05, 0) is 43.7 Å². The summed E-state index contributed by atoms with van der Waals surface area (Å²) in [5, 5.41) is 3.65. The molecule has 4 nitrogen and oxygen atoms in total. The van der Waals surface area contributed by atoms with Gasteiger partial charge in [-0.15, -0.1) is 0 Å². The van der Waals surface area contributed by atoms with Crippen LogP contribution >= 0.6 is 11.8 Å². The number of rotatable bonds is 5. The molecule has 0 saturated heterocycles. The van der Waals surface area contributed by atoms with Crippen LogP contribution in [0.3, 0.4) is 0 Å². The maximum atomic E-state index is 12.0. The maximum Gasteiger partial charge on any atom is 0.230 e. The van der Waals surface area contributed by atoms with E-state index in [-0.39, 0.29) is 5.91 Å². The third kappa shape index (κ3) is 4.32. The summed E-state index contributed by atoms with van der Waals surface area (Å²) in [7, 11) is 0. The smallest absolute Gasteiger partial charge is 0.230 e. The van der Waals surface area contributed by atoms with E-state index in [1.807, 2.05) is 37.3 Å². The fraction of sp³-hybridized carbons (Fsp3) is 0.389. The average molecular weight is 327 g/mol. The van der Waals surface area contributed by atoms with Crippen LogP contribution in [-0.4, -0.2) is 21.6 Å². The van der Waals surface area contributed by atoms with Gasteiger partial charge in [-0.25, -0.2) is 9.97 Å². The quantitative estimate of drug-likeness (QED) is 0.677. The summed E-state index contributed by atoms with van der Waals surface area (Å²) in [5.41, 5.74) is 4.67. The van der Waals surface area contributed by atoms with Gasteiger partial charge in [-0.3, -0.25) is 4.79 Å². The first-order chi connectivity index (χ1) is 11.2. The zero-order valence-corrected chi connectivity index (χ0v) is 14.2. The summed E-state index contributed by atoms with van der Waals surface area (Å²) >= 11 is 1.42. The van der Waals surface area contributed by atoms with E-state index in [1.54, 1.807) is 0 Å². The Kier molecular flexibility index (Phi) is 5.28. The Morgan fingerprint density at radius 3 is 2.78 bits per heavy atom. The van der Waals surface area contributed by atoms with Crippen LogP contribution in [0.2, 0.25) is 0 Å². The van der Waals surface area contributed by atoms with E-state index in [1.165, 1.54) is 35.9 Å². The zero-order chi connectivity index (χ0) is 16.1. The molecule has 0 unspecified atom stereocenters. The molecule has 1 aromatic carbocycles. The molecule has 1 heterocycles. The molecule has 0 fully saturated rings. The van der Waals surface area contributed by atoms with Gasteiger partial charge in [0.1, 0.15) is 0 Å². The van der Waals surface area contributed by atoms with Crippen LogP contribution in [0.25, 0.3) is 0 Å². The topological polar surface area (TPSA) is 54.9 Å². The lowest BCUT2D eigenvalue weighted by Crippen LogP contribution is -2.24. The summed E-state index contributed by atoms with van der Waals surface area (Å²) in [6.07, 6.45) is 4.55. The molecule has 0 radical (unpaired) electrons. The Balaban J connectivity index is 1.54. The Labute approximate surface area is 141 Å². The number of fused-ring (bicyclic) bond motifs is 1. The van der Waals surface area contributed by atoms with Crippen molar-refractivity contribution >= 4 is 17.7 Å². The largest absolute Gasteiger partial charge is 0.351 e. The molecule has 1 amide bonds. The lowest BCUT2D eigenvalue weighted by Gasteiger charge is -2.17. The monoisotopic (exact) mass is 327 g/mol. The number of nitrogens with zero attached hydrogens (tertiary/aromatic N) is 2. The molecule has 23 heavy (non-hydrogen) atoms. The number of carbonyl (C=O) groups excluding carboxylic acids is 1. The molecule has 0 saturated carbocycles. The van der Waals surface area contributed by atoms with Crippen molar-refractivity contribution in [2.75, 3.05) is 5.75 Å². The van der Waals surface area contributed by atoms with Crippen molar-refractivity contribution in [3.05, 3.63) is 52.8 Å². The summed E-state index contributed by atoms with van der Waals surface area (Å²) < 4.78 is 0. The summed E-state index contributed by atoms with van der Waals surface area (Å²) in [4.78, 5) is 21.2. The fourth-order valence-corrected chi connectivity index (χ4v) is 3.53. The highest BCUT2D eigenvalue weighted by Crippen LogP contribution is 2.24. The first-order valence-electron chi connectivity index (χ1n) is 8.02. The number of aryl methyl sites for hydroxylation is 2. The van der Waals surface area contributed by atoms with Crippen molar-refractivity contribution < 1.29 is 4.79 Å². The average Bonchev–Trinajstić information content (AvgIpc) is 2.59. The minimum absolute atomic E-state index is 0.0119. The number of thioether (sulfide) groups is 1. The second-order valence-corrected chi connectivity index (χ2v) is 6.72. The van der Waals surface area contributed by atoms with Crippen LogP contribution in [0.15, 0.2) is 35.5 Å². The van der Waals surface area contributed by atoms with Gasteiger partial charge in [0.05, 0.1) is 5.75 Å². The Morgan fingerprint density at radius 2 is 1.96 bits per heavy atom. The van der Waals surface area contributed by atoms with Gasteiger partial charge in [0.15, 0.2) is 5.16 Å². The first kappa shape index (κ1) is 16.0. The lowest BCUT2D eigenvalue weighted by molar-refractivity contribution is -0.118. The molecule has 1 aliphatic rings. The van der Waals surface area contributed by atoms with Crippen molar-refractivity contribution in [2.45, 2.75) is 44.3 Å². The number of hydrogen-bond donors (Lipinski definition) is 1. The van der Waals surface area contributed by atoms with E-state index in [9.17, 15) is 4.79 Å². The van der Waals surface area contributed by atoms with E-state index in [0.717, 1.165) is 29.3 Å². The molecule has 0 bridgehead atoms. The van der Waals surface area contributed by atoms with E-state index in [2.05, 4.69) is 15.3 Å². The predicted molar refractivity (Wildman–Crippen MR) is 92.4 cm³/mol. The van der Waals surface area contributed by atoms with E-state index < -0.39 is 0 Å².